The van der Waals surface area contributed by atoms with Gasteiger partial charge in [0.25, 0.3) is 5.91 Å². The van der Waals surface area contributed by atoms with E-state index in [1.165, 1.54) is 18.5 Å². The summed E-state index contributed by atoms with van der Waals surface area (Å²) in [5.74, 6) is -0.282. The number of nitrogens with one attached hydrogen (secondary N) is 2. The molecule has 0 saturated carbocycles. The number of hydrogen-bond donors (Lipinski definition) is 2. The molecule has 142 valence electrons. The quantitative estimate of drug-likeness (QED) is 0.616. The molecule has 2 N–H and O–H groups in total. The molecule has 2 aromatic carbocycles. The first-order valence-electron chi connectivity index (χ1n) is 9.32. The Morgan fingerprint density at radius 1 is 0.929 bits per heavy atom. The van der Waals surface area contributed by atoms with E-state index in [4.69, 9.17) is 11.6 Å². The molecule has 1 aliphatic rings. The highest BCUT2D eigenvalue weighted by Crippen LogP contribution is 2.24. The summed E-state index contributed by atoms with van der Waals surface area (Å²) in [6.07, 6.45) is 4.14. The number of halogens is 1. The molecule has 1 fully saturated rings. The third-order valence-corrected chi connectivity index (χ3v) is 4.94. The minimum absolute atomic E-state index is 0.282. The van der Waals surface area contributed by atoms with Crippen LogP contribution >= 0.6 is 11.6 Å². The van der Waals surface area contributed by atoms with Crippen molar-refractivity contribution in [2.24, 2.45) is 0 Å². The Labute approximate surface area is 169 Å². The van der Waals surface area contributed by atoms with Crippen LogP contribution in [-0.4, -0.2) is 24.0 Å². The maximum absolute atomic E-state index is 12.5. The molecule has 1 aromatic heterocycles. The van der Waals surface area contributed by atoms with Gasteiger partial charge in [-0.3, -0.25) is 9.78 Å². The lowest BCUT2D eigenvalue weighted by Crippen LogP contribution is -2.17. The lowest BCUT2D eigenvalue weighted by molar-refractivity contribution is 0.102. The summed E-state index contributed by atoms with van der Waals surface area (Å²) in [4.78, 5) is 19.0. The van der Waals surface area contributed by atoms with Gasteiger partial charge in [-0.15, -0.1) is 0 Å². The lowest BCUT2D eigenvalue weighted by Gasteiger charge is -2.18. The number of rotatable bonds is 5. The van der Waals surface area contributed by atoms with Crippen LogP contribution in [0.25, 0.3) is 0 Å². The van der Waals surface area contributed by atoms with Gasteiger partial charge < -0.3 is 15.5 Å². The predicted octanol–water partition coefficient (Wildman–Crippen LogP) is 5.33. The summed E-state index contributed by atoms with van der Waals surface area (Å²) in [6, 6.07) is 19.0. The third-order valence-electron chi connectivity index (χ3n) is 4.70. The average Bonchev–Trinajstić information content (AvgIpc) is 3.24. The first kappa shape index (κ1) is 18.3. The predicted molar refractivity (Wildman–Crippen MR) is 115 cm³/mol. The fourth-order valence-corrected chi connectivity index (χ4v) is 3.48. The van der Waals surface area contributed by atoms with Crippen LogP contribution in [0.3, 0.4) is 0 Å². The van der Waals surface area contributed by atoms with Crippen molar-refractivity contribution in [2.45, 2.75) is 12.8 Å². The molecule has 6 heteroatoms. The number of pyridine rings is 1. The van der Waals surface area contributed by atoms with Crippen molar-refractivity contribution < 1.29 is 4.79 Å². The van der Waals surface area contributed by atoms with Gasteiger partial charge in [0.05, 0.1) is 0 Å². The fourth-order valence-electron chi connectivity index (χ4n) is 3.29. The molecule has 0 bridgehead atoms. The molecule has 0 atom stereocenters. The Balaban J connectivity index is 1.44. The Hall–Kier alpha value is -3.05. The minimum Gasteiger partial charge on any atom is -0.372 e. The van der Waals surface area contributed by atoms with E-state index in [1.54, 1.807) is 36.5 Å². The number of amides is 1. The maximum Gasteiger partial charge on any atom is 0.274 e. The largest absolute Gasteiger partial charge is 0.372 e. The molecular weight excluding hydrogens is 372 g/mol. The molecule has 0 spiro atoms. The lowest BCUT2D eigenvalue weighted by atomic mass is 10.2. The second-order valence-electron chi connectivity index (χ2n) is 6.76. The van der Waals surface area contributed by atoms with E-state index < -0.39 is 0 Å². The number of carbonyl (C=O) groups is 1. The van der Waals surface area contributed by atoms with Crippen LogP contribution in [0.15, 0.2) is 66.9 Å². The molecule has 1 aliphatic heterocycles. The summed E-state index contributed by atoms with van der Waals surface area (Å²) < 4.78 is 0. The van der Waals surface area contributed by atoms with Crippen LogP contribution in [0.2, 0.25) is 5.02 Å². The third kappa shape index (κ3) is 4.43. The van der Waals surface area contributed by atoms with Crippen molar-refractivity contribution in [1.29, 1.82) is 0 Å². The molecular formula is C22H21ClN4O. The number of carbonyl (C=O) groups excluding carboxylic acids is 1. The van der Waals surface area contributed by atoms with Gasteiger partial charge in [0.2, 0.25) is 0 Å². The molecule has 28 heavy (non-hydrogen) atoms. The number of nitrogens with zero attached hydrogens (tertiary/aromatic N) is 2. The summed E-state index contributed by atoms with van der Waals surface area (Å²) in [5, 5.41) is 6.71. The Kier molecular flexibility index (Phi) is 5.44. The van der Waals surface area contributed by atoms with Crippen LogP contribution in [0.4, 0.5) is 22.7 Å². The zero-order valence-electron chi connectivity index (χ0n) is 15.4. The van der Waals surface area contributed by atoms with Gasteiger partial charge in [0.1, 0.15) is 5.69 Å². The first-order valence-corrected chi connectivity index (χ1v) is 9.70. The second kappa shape index (κ2) is 8.31. The van der Waals surface area contributed by atoms with Crippen molar-refractivity contribution >= 4 is 40.3 Å². The van der Waals surface area contributed by atoms with E-state index in [1.807, 2.05) is 6.07 Å². The van der Waals surface area contributed by atoms with Crippen molar-refractivity contribution in [3.8, 4) is 0 Å². The van der Waals surface area contributed by atoms with Crippen LogP contribution in [0, 0.1) is 0 Å². The van der Waals surface area contributed by atoms with E-state index in [-0.39, 0.29) is 5.91 Å². The zero-order chi connectivity index (χ0) is 19.3. The van der Waals surface area contributed by atoms with E-state index in [9.17, 15) is 4.79 Å². The van der Waals surface area contributed by atoms with Crippen molar-refractivity contribution in [3.05, 3.63) is 77.6 Å². The Bertz CT molecular complexity index is 968. The van der Waals surface area contributed by atoms with Gasteiger partial charge in [-0.1, -0.05) is 17.7 Å². The Morgan fingerprint density at radius 3 is 2.46 bits per heavy atom. The highest BCUT2D eigenvalue weighted by Gasteiger charge is 2.12. The van der Waals surface area contributed by atoms with Crippen LogP contribution in [-0.2, 0) is 0 Å². The summed E-state index contributed by atoms with van der Waals surface area (Å²) >= 11 is 5.96. The number of hydrogen-bond acceptors (Lipinski definition) is 4. The van der Waals surface area contributed by atoms with Crippen molar-refractivity contribution in [2.75, 3.05) is 28.6 Å². The van der Waals surface area contributed by atoms with Gasteiger partial charge >= 0.3 is 0 Å². The van der Waals surface area contributed by atoms with Gasteiger partial charge in [0.15, 0.2) is 0 Å². The molecule has 1 amide bonds. The molecule has 0 radical (unpaired) electrons. The molecule has 2 heterocycles. The highest BCUT2D eigenvalue weighted by atomic mass is 35.5. The zero-order valence-corrected chi connectivity index (χ0v) is 16.1. The summed E-state index contributed by atoms with van der Waals surface area (Å²) in [5.41, 5.74) is 3.99. The number of aromatic nitrogens is 1. The maximum atomic E-state index is 12.5. The van der Waals surface area contributed by atoms with E-state index in [0.29, 0.717) is 16.4 Å². The average molecular weight is 393 g/mol. The minimum atomic E-state index is -0.282. The van der Waals surface area contributed by atoms with Gasteiger partial charge in [-0.05, 0) is 67.4 Å². The molecule has 0 aliphatic carbocycles. The van der Waals surface area contributed by atoms with E-state index >= 15 is 0 Å². The van der Waals surface area contributed by atoms with E-state index in [2.05, 4.69) is 44.8 Å². The van der Waals surface area contributed by atoms with Crippen molar-refractivity contribution in [3.63, 3.8) is 0 Å². The van der Waals surface area contributed by atoms with Gasteiger partial charge in [-0.2, -0.15) is 0 Å². The fraction of sp³-hybridized carbons (Fsp3) is 0.182. The second-order valence-corrected chi connectivity index (χ2v) is 7.20. The molecule has 3 aromatic rings. The smallest absolute Gasteiger partial charge is 0.274 e. The van der Waals surface area contributed by atoms with Crippen molar-refractivity contribution in [1.82, 2.24) is 4.98 Å². The summed E-state index contributed by atoms with van der Waals surface area (Å²) in [7, 11) is 0. The SMILES string of the molecule is O=C(Nc1cccc(Cl)c1)c1cc(Nc2ccc(N3CCCC3)cc2)ccn1. The highest BCUT2D eigenvalue weighted by molar-refractivity contribution is 6.30. The standard InChI is InChI=1S/C22H21ClN4O/c23-16-4-3-5-18(14-16)26-22(28)21-15-19(10-11-24-21)25-17-6-8-20(9-7-17)27-12-1-2-13-27/h3-11,14-15H,1-2,12-13H2,(H,24,25)(H,26,28). The molecule has 0 unspecified atom stereocenters. The molecule has 4 rings (SSSR count). The van der Waals surface area contributed by atoms with Crippen LogP contribution < -0.4 is 15.5 Å². The van der Waals surface area contributed by atoms with E-state index in [0.717, 1.165) is 24.5 Å². The van der Waals surface area contributed by atoms with Gasteiger partial charge in [-0.25, -0.2) is 0 Å². The molecule has 1 saturated heterocycles. The normalized spacial score (nSPS) is 13.4. The van der Waals surface area contributed by atoms with Gasteiger partial charge in [0, 0.05) is 47.1 Å². The number of benzene rings is 2. The monoisotopic (exact) mass is 392 g/mol. The number of anilines is 4. The summed E-state index contributed by atoms with van der Waals surface area (Å²) in [6.45, 7) is 2.25. The molecule has 5 nitrogen and oxygen atoms in total. The van der Waals surface area contributed by atoms with Crippen LogP contribution in [0.5, 0.6) is 0 Å². The van der Waals surface area contributed by atoms with Crippen LogP contribution in [0.1, 0.15) is 23.3 Å². The first-order chi connectivity index (χ1) is 13.7. The topological polar surface area (TPSA) is 57.3 Å². The Morgan fingerprint density at radius 2 is 1.71 bits per heavy atom.